The topological polar surface area (TPSA) is 25.8 Å². The molecule has 1 aliphatic carbocycles. The molecule has 1 aliphatic rings. The van der Waals surface area contributed by atoms with Gasteiger partial charge in [0.05, 0.1) is 11.0 Å². The van der Waals surface area contributed by atoms with Crippen molar-refractivity contribution < 1.29 is 0 Å². The van der Waals surface area contributed by atoms with Gasteiger partial charge in [0.15, 0.2) is 0 Å². The van der Waals surface area contributed by atoms with Crippen LogP contribution in [0.4, 0.5) is 0 Å². The van der Waals surface area contributed by atoms with E-state index in [1.165, 1.54) is 77.2 Å². The minimum atomic E-state index is -0.0927. The van der Waals surface area contributed by atoms with Gasteiger partial charge in [-0.05, 0) is 101 Å². The quantitative estimate of drug-likeness (QED) is 0.171. The lowest BCUT2D eigenvalue weighted by Crippen LogP contribution is -2.14. The Morgan fingerprint density at radius 1 is 0.327 bits per heavy atom. The van der Waals surface area contributed by atoms with Crippen LogP contribution in [0.3, 0.4) is 0 Å². The van der Waals surface area contributed by atoms with E-state index in [0.29, 0.717) is 0 Å². The second-order valence-electron chi connectivity index (χ2n) is 15.3. The first-order valence-electron chi connectivity index (χ1n) is 19.1. The van der Waals surface area contributed by atoms with E-state index >= 15 is 0 Å². The third-order valence-corrected chi connectivity index (χ3v) is 11.9. The second-order valence-corrected chi connectivity index (χ2v) is 15.3. The molecule has 11 rings (SSSR count). The van der Waals surface area contributed by atoms with Gasteiger partial charge in [-0.25, -0.2) is 0 Å². The molecule has 2 heterocycles. The zero-order valence-electron chi connectivity index (χ0n) is 30.7. The van der Waals surface area contributed by atoms with Gasteiger partial charge in [0.1, 0.15) is 0 Å². The zero-order valence-corrected chi connectivity index (χ0v) is 30.7. The van der Waals surface area contributed by atoms with Crippen molar-refractivity contribution in [2.75, 3.05) is 0 Å². The average Bonchev–Trinajstić information content (AvgIpc) is 3.47. The van der Waals surface area contributed by atoms with E-state index in [9.17, 15) is 0 Å². The van der Waals surface area contributed by atoms with Crippen molar-refractivity contribution in [1.82, 2.24) is 9.97 Å². The van der Waals surface area contributed by atoms with Crippen LogP contribution in [0, 0.1) is 0 Å². The van der Waals surface area contributed by atoms with Crippen LogP contribution in [0.25, 0.3) is 99.0 Å². The van der Waals surface area contributed by atoms with E-state index in [4.69, 9.17) is 9.97 Å². The van der Waals surface area contributed by atoms with Gasteiger partial charge in [-0.3, -0.25) is 9.97 Å². The molecule has 0 spiro atoms. The summed E-state index contributed by atoms with van der Waals surface area (Å²) in [6, 6.07) is 61.9. The molecule has 0 radical (unpaired) electrons. The van der Waals surface area contributed by atoms with Gasteiger partial charge in [0, 0.05) is 39.7 Å². The maximum absolute atomic E-state index is 5.16. The summed E-state index contributed by atoms with van der Waals surface area (Å²) in [5.41, 5.74) is 16.8. The van der Waals surface area contributed by atoms with Crippen molar-refractivity contribution in [3.63, 3.8) is 0 Å². The lowest BCUT2D eigenvalue weighted by molar-refractivity contribution is 0.660. The fraction of sp³-hybridized carbons (Fsp3) is 0.0566. The second kappa shape index (κ2) is 12.1. The number of hydrogen-bond acceptors (Lipinski definition) is 2. The van der Waals surface area contributed by atoms with E-state index < -0.39 is 0 Å². The van der Waals surface area contributed by atoms with E-state index in [1.54, 1.807) is 0 Å². The normalized spacial score (nSPS) is 13.1. The first-order chi connectivity index (χ1) is 27.1. The first kappa shape index (κ1) is 31.6. The van der Waals surface area contributed by atoms with Crippen LogP contribution in [-0.4, -0.2) is 9.97 Å². The molecule has 0 unspecified atom stereocenters. The smallest absolute Gasteiger partial charge is 0.0792 e. The number of nitrogens with zero attached hydrogens (tertiary/aromatic N) is 2. The molecule has 2 nitrogen and oxygen atoms in total. The molecule has 55 heavy (non-hydrogen) atoms. The highest BCUT2D eigenvalue weighted by Crippen LogP contribution is 2.51. The van der Waals surface area contributed by atoms with Crippen molar-refractivity contribution in [1.29, 1.82) is 0 Å². The monoisotopic (exact) mass is 700 g/mol. The third-order valence-electron chi connectivity index (χ3n) is 11.9. The Kier molecular flexibility index (Phi) is 6.93. The first-order valence-corrected chi connectivity index (χ1v) is 19.1. The molecule has 0 bridgehead atoms. The Hall–Kier alpha value is -6.90. The van der Waals surface area contributed by atoms with Gasteiger partial charge in [-0.1, -0.05) is 159 Å². The van der Waals surface area contributed by atoms with Gasteiger partial charge in [0.25, 0.3) is 0 Å². The molecule has 2 heteroatoms. The molecule has 0 fully saturated rings. The summed E-state index contributed by atoms with van der Waals surface area (Å²) in [4.78, 5) is 10.2. The number of fused-ring (bicyclic) bond motifs is 7. The largest absolute Gasteiger partial charge is 0.256 e. The van der Waals surface area contributed by atoms with Gasteiger partial charge in [0.2, 0.25) is 0 Å². The Balaban J connectivity index is 1.15. The summed E-state index contributed by atoms with van der Waals surface area (Å²) in [7, 11) is 0. The summed E-state index contributed by atoms with van der Waals surface area (Å²) >= 11 is 0. The predicted molar refractivity (Wildman–Crippen MR) is 231 cm³/mol. The van der Waals surface area contributed by atoms with Gasteiger partial charge < -0.3 is 0 Å². The molecular weight excluding hydrogens is 665 g/mol. The summed E-state index contributed by atoms with van der Waals surface area (Å²) in [5.74, 6) is 0. The van der Waals surface area contributed by atoms with Crippen LogP contribution in [0.2, 0.25) is 0 Å². The van der Waals surface area contributed by atoms with Crippen LogP contribution < -0.4 is 0 Å². The number of rotatable bonds is 4. The van der Waals surface area contributed by atoms with Crippen molar-refractivity contribution in [2.24, 2.45) is 0 Å². The predicted octanol–water partition coefficient (Wildman–Crippen LogP) is 14.1. The van der Waals surface area contributed by atoms with Crippen molar-refractivity contribution >= 4 is 43.4 Å². The molecule has 2 aromatic heterocycles. The maximum Gasteiger partial charge on any atom is 0.0792 e. The van der Waals surface area contributed by atoms with Crippen molar-refractivity contribution in [3.05, 3.63) is 193 Å². The lowest BCUT2D eigenvalue weighted by Gasteiger charge is -2.23. The standard InChI is InChI=1S/C53H36N2/c1-53(2)45-26-11-10-19-37(45)38-28-27-36(32-46(38)53)50-42-23-9-7-21-40(42)48(44-25-14-30-55-52(44)50)35-18-12-17-34(31-35)47-39-20-6-8-22-41(39)49(33-15-4-3-5-16-33)51-43(47)24-13-29-54-51/h3-32H,1-2H3. The Morgan fingerprint density at radius 3 is 1.40 bits per heavy atom. The van der Waals surface area contributed by atoms with Crippen LogP contribution in [0.15, 0.2) is 182 Å². The molecule has 0 aliphatic heterocycles. The molecule has 0 amide bonds. The van der Waals surface area contributed by atoms with Crippen molar-refractivity contribution in [3.8, 4) is 55.6 Å². The number of pyridine rings is 2. The molecular formula is C53H36N2. The van der Waals surface area contributed by atoms with Crippen LogP contribution >= 0.6 is 0 Å². The Labute approximate surface area is 320 Å². The van der Waals surface area contributed by atoms with Gasteiger partial charge in [-0.15, -0.1) is 0 Å². The summed E-state index contributed by atoms with van der Waals surface area (Å²) in [6.07, 6.45) is 3.85. The third kappa shape index (κ3) is 4.68. The molecule has 0 N–H and O–H groups in total. The van der Waals surface area contributed by atoms with E-state index in [-0.39, 0.29) is 5.41 Å². The molecule has 0 atom stereocenters. The Morgan fingerprint density at radius 2 is 0.782 bits per heavy atom. The summed E-state index contributed by atoms with van der Waals surface area (Å²) in [5, 5.41) is 7.12. The van der Waals surface area contributed by atoms with E-state index in [2.05, 4.69) is 184 Å². The molecule has 10 aromatic rings. The van der Waals surface area contributed by atoms with Crippen LogP contribution in [0.5, 0.6) is 0 Å². The summed E-state index contributed by atoms with van der Waals surface area (Å²) < 4.78 is 0. The fourth-order valence-electron chi connectivity index (χ4n) is 9.50. The van der Waals surface area contributed by atoms with Crippen LogP contribution in [0.1, 0.15) is 25.0 Å². The van der Waals surface area contributed by atoms with Crippen LogP contribution in [-0.2, 0) is 5.41 Å². The maximum atomic E-state index is 5.16. The number of benzene rings is 8. The number of hydrogen-bond donors (Lipinski definition) is 0. The Bertz CT molecular complexity index is 3060. The fourth-order valence-corrected chi connectivity index (χ4v) is 9.50. The zero-order chi connectivity index (χ0) is 36.7. The van der Waals surface area contributed by atoms with Gasteiger partial charge >= 0.3 is 0 Å². The van der Waals surface area contributed by atoms with Gasteiger partial charge in [-0.2, -0.15) is 0 Å². The molecule has 8 aromatic carbocycles. The van der Waals surface area contributed by atoms with E-state index in [1.807, 2.05) is 12.4 Å². The highest BCUT2D eigenvalue weighted by molar-refractivity contribution is 6.22. The molecule has 0 saturated heterocycles. The minimum absolute atomic E-state index is 0.0927. The molecule has 258 valence electrons. The summed E-state index contributed by atoms with van der Waals surface area (Å²) in [6.45, 7) is 4.70. The highest BCUT2D eigenvalue weighted by Gasteiger charge is 2.35. The average molecular weight is 701 g/mol. The lowest BCUT2D eigenvalue weighted by atomic mass is 9.81. The molecule has 0 saturated carbocycles. The highest BCUT2D eigenvalue weighted by atomic mass is 14.7. The minimum Gasteiger partial charge on any atom is -0.256 e. The SMILES string of the molecule is CC1(C)c2ccccc2-c2ccc(-c3c4ccccc4c(-c4cccc(-c5c6ccccc6c(-c6ccccc6)c6ncccc56)c4)c4cccnc34)cc21. The number of aromatic nitrogens is 2. The van der Waals surface area contributed by atoms with Crippen molar-refractivity contribution in [2.45, 2.75) is 19.3 Å². The van der Waals surface area contributed by atoms with E-state index in [0.717, 1.165) is 32.9 Å².